The first-order valence-corrected chi connectivity index (χ1v) is 3.31. The van der Waals surface area contributed by atoms with Crippen molar-refractivity contribution in [2.75, 3.05) is 6.61 Å². The third kappa shape index (κ3) is 3.58. The van der Waals surface area contributed by atoms with E-state index in [0.29, 0.717) is 0 Å². The number of nitrogens with zero attached hydrogens (tertiary/aromatic N) is 1. The summed E-state index contributed by atoms with van der Waals surface area (Å²) in [4.78, 5) is 10.7. The predicted octanol–water partition coefficient (Wildman–Crippen LogP) is 0.0701. The Morgan fingerprint density at radius 2 is 2.27 bits per heavy atom. The Balaban J connectivity index is 3.76. The molecule has 0 saturated carbocycles. The second kappa shape index (κ2) is 4.69. The zero-order valence-corrected chi connectivity index (χ0v) is 6.57. The summed E-state index contributed by atoms with van der Waals surface area (Å²) in [6.07, 6.45) is -1.12. The lowest BCUT2D eigenvalue weighted by molar-refractivity contribution is -0.154. The molecule has 62 valence electrons. The minimum Gasteiger partial charge on any atom is -0.448 e. The van der Waals surface area contributed by atoms with Crippen LogP contribution in [0.25, 0.3) is 0 Å². The third-order valence-electron chi connectivity index (χ3n) is 1.15. The van der Waals surface area contributed by atoms with Crippen LogP contribution in [0.15, 0.2) is 0 Å². The van der Waals surface area contributed by atoms with E-state index in [-0.39, 0.29) is 12.5 Å². The molecule has 0 bridgehead atoms. The lowest BCUT2D eigenvalue weighted by atomic mass is 10.1. The molecular formula is C7H11NO3. The number of hydrogen-bond donors (Lipinski definition) is 1. The molecule has 4 nitrogen and oxygen atoms in total. The Hall–Kier alpha value is -1.08. The average molecular weight is 157 g/mol. The fraction of sp³-hybridized carbons (Fsp3) is 0.714. The number of esters is 1. The van der Waals surface area contributed by atoms with Crippen LogP contribution in [-0.4, -0.2) is 23.8 Å². The lowest BCUT2D eigenvalue weighted by Gasteiger charge is -2.11. The van der Waals surface area contributed by atoms with Crippen LogP contribution in [0.2, 0.25) is 0 Å². The molecule has 0 fully saturated rings. The van der Waals surface area contributed by atoms with Crippen LogP contribution >= 0.6 is 0 Å². The molecule has 0 heterocycles. The van der Waals surface area contributed by atoms with Crippen LogP contribution in [0.4, 0.5) is 0 Å². The SMILES string of the molecule is CC(C)[C@H](O)C(=O)OCC#N. The molecule has 0 unspecified atom stereocenters. The number of carbonyl (C=O) groups is 1. The Morgan fingerprint density at radius 1 is 1.73 bits per heavy atom. The summed E-state index contributed by atoms with van der Waals surface area (Å²) >= 11 is 0. The fourth-order valence-corrected chi connectivity index (χ4v) is 0.461. The van der Waals surface area contributed by atoms with E-state index in [1.165, 1.54) is 0 Å². The van der Waals surface area contributed by atoms with Crippen molar-refractivity contribution in [1.29, 1.82) is 5.26 Å². The van der Waals surface area contributed by atoms with Gasteiger partial charge in [-0.1, -0.05) is 13.8 Å². The highest BCUT2D eigenvalue weighted by molar-refractivity contribution is 5.74. The van der Waals surface area contributed by atoms with E-state index in [1.807, 2.05) is 0 Å². The quantitative estimate of drug-likeness (QED) is 0.588. The maximum absolute atomic E-state index is 10.7. The Morgan fingerprint density at radius 3 is 2.64 bits per heavy atom. The third-order valence-corrected chi connectivity index (χ3v) is 1.15. The molecule has 0 spiro atoms. The van der Waals surface area contributed by atoms with Crippen molar-refractivity contribution < 1.29 is 14.6 Å². The summed E-state index contributed by atoms with van der Waals surface area (Å²) < 4.78 is 4.36. The summed E-state index contributed by atoms with van der Waals surface area (Å²) in [5.74, 6) is -0.914. The Kier molecular flexibility index (Phi) is 4.23. The topological polar surface area (TPSA) is 70.3 Å². The van der Waals surface area contributed by atoms with Crippen LogP contribution in [0.3, 0.4) is 0 Å². The molecule has 0 rings (SSSR count). The highest BCUT2D eigenvalue weighted by atomic mass is 16.5. The molecule has 0 radical (unpaired) electrons. The molecular weight excluding hydrogens is 146 g/mol. The molecule has 0 saturated heterocycles. The van der Waals surface area contributed by atoms with E-state index in [1.54, 1.807) is 19.9 Å². The zero-order chi connectivity index (χ0) is 8.85. The predicted molar refractivity (Wildman–Crippen MR) is 37.4 cm³/mol. The molecule has 0 aliphatic heterocycles. The monoisotopic (exact) mass is 157 g/mol. The van der Waals surface area contributed by atoms with E-state index in [9.17, 15) is 4.79 Å². The van der Waals surface area contributed by atoms with Gasteiger partial charge in [-0.2, -0.15) is 5.26 Å². The van der Waals surface area contributed by atoms with Gasteiger partial charge in [-0.25, -0.2) is 4.79 Å². The number of nitriles is 1. The van der Waals surface area contributed by atoms with Crippen molar-refractivity contribution in [3.63, 3.8) is 0 Å². The molecule has 1 atom stereocenters. The van der Waals surface area contributed by atoms with Crippen molar-refractivity contribution in [2.24, 2.45) is 5.92 Å². The molecule has 0 aliphatic carbocycles. The Labute approximate surface area is 65.4 Å². The molecule has 1 N–H and O–H groups in total. The van der Waals surface area contributed by atoms with Gasteiger partial charge >= 0.3 is 5.97 Å². The van der Waals surface area contributed by atoms with Gasteiger partial charge in [0.05, 0.1) is 0 Å². The number of rotatable bonds is 3. The van der Waals surface area contributed by atoms with E-state index in [2.05, 4.69) is 4.74 Å². The first-order chi connectivity index (χ1) is 5.09. The number of hydrogen-bond acceptors (Lipinski definition) is 4. The van der Waals surface area contributed by atoms with Crippen LogP contribution in [0.5, 0.6) is 0 Å². The largest absolute Gasteiger partial charge is 0.448 e. The molecule has 0 aromatic rings. The molecule has 0 aromatic carbocycles. The number of ether oxygens (including phenoxy) is 1. The highest BCUT2D eigenvalue weighted by Gasteiger charge is 2.19. The van der Waals surface area contributed by atoms with E-state index in [4.69, 9.17) is 10.4 Å². The van der Waals surface area contributed by atoms with Gasteiger partial charge in [0.25, 0.3) is 0 Å². The summed E-state index contributed by atoms with van der Waals surface area (Å²) in [6, 6.07) is 1.64. The van der Waals surface area contributed by atoms with E-state index < -0.39 is 12.1 Å². The van der Waals surface area contributed by atoms with Crippen LogP contribution < -0.4 is 0 Å². The highest BCUT2D eigenvalue weighted by Crippen LogP contribution is 2.02. The normalized spacial score (nSPS) is 12.3. The number of carbonyl (C=O) groups excluding carboxylic acids is 1. The van der Waals surface area contributed by atoms with E-state index >= 15 is 0 Å². The van der Waals surface area contributed by atoms with Crippen molar-refractivity contribution in [2.45, 2.75) is 20.0 Å². The second-order valence-corrected chi connectivity index (χ2v) is 2.45. The van der Waals surface area contributed by atoms with Gasteiger partial charge in [0.1, 0.15) is 6.07 Å². The van der Waals surface area contributed by atoms with Gasteiger partial charge in [0.2, 0.25) is 0 Å². The Bertz CT molecular complexity index is 171. The van der Waals surface area contributed by atoms with Gasteiger partial charge in [-0.05, 0) is 5.92 Å². The lowest BCUT2D eigenvalue weighted by Crippen LogP contribution is -2.28. The standard InChI is InChI=1S/C7H11NO3/c1-5(2)6(9)7(10)11-4-3-8/h5-6,9H,4H2,1-2H3/t6-/m0/s1. The van der Waals surface area contributed by atoms with Gasteiger partial charge in [-0.3, -0.25) is 0 Å². The van der Waals surface area contributed by atoms with Crippen molar-refractivity contribution in [1.82, 2.24) is 0 Å². The summed E-state index contributed by atoms with van der Waals surface area (Å²) in [7, 11) is 0. The van der Waals surface area contributed by atoms with Crippen molar-refractivity contribution in [3.05, 3.63) is 0 Å². The molecule has 0 aliphatic rings. The van der Waals surface area contributed by atoms with Crippen molar-refractivity contribution >= 4 is 5.97 Å². The second-order valence-electron chi connectivity index (χ2n) is 2.45. The van der Waals surface area contributed by atoms with Crippen LogP contribution in [0.1, 0.15) is 13.8 Å². The first-order valence-electron chi connectivity index (χ1n) is 3.31. The zero-order valence-electron chi connectivity index (χ0n) is 6.57. The average Bonchev–Trinajstić information content (AvgIpc) is 1.98. The van der Waals surface area contributed by atoms with Gasteiger partial charge < -0.3 is 9.84 Å². The number of aliphatic hydroxyl groups is 1. The maximum atomic E-state index is 10.7. The molecule has 11 heavy (non-hydrogen) atoms. The molecule has 4 heteroatoms. The van der Waals surface area contributed by atoms with Crippen LogP contribution in [-0.2, 0) is 9.53 Å². The first kappa shape index (κ1) is 9.92. The van der Waals surface area contributed by atoms with Gasteiger partial charge in [0.15, 0.2) is 12.7 Å². The van der Waals surface area contributed by atoms with Gasteiger partial charge in [-0.15, -0.1) is 0 Å². The fourth-order valence-electron chi connectivity index (χ4n) is 0.461. The molecule has 0 amide bonds. The summed E-state index contributed by atoms with van der Waals surface area (Å²) in [6.45, 7) is 3.08. The molecule has 0 aromatic heterocycles. The smallest absolute Gasteiger partial charge is 0.336 e. The number of aliphatic hydroxyl groups excluding tert-OH is 1. The van der Waals surface area contributed by atoms with Crippen molar-refractivity contribution in [3.8, 4) is 6.07 Å². The minimum atomic E-state index is -1.12. The van der Waals surface area contributed by atoms with E-state index in [0.717, 1.165) is 0 Å². The minimum absolute atomic E-state index is 0.179. The maximum Gasteiger partial charge on any atom is 0.336 e. The van der Waals surface area contributed by atoms with Crippen LogP contribution in [0, 0.1) is 17.2 Å². The summed E-state index contributed by atoms with van der Waals surface area (Å²) in [5.41, 5.74) is 0. The summed E-state index contributed by atoms with van der Waals surface area (Å²) in [5, 5.41) is 17.1. The van der Waals surface area contributed by atoms with Gasteiger partial charge in [0, 0.05) is 0 Å².